The van der Waals surface area contributed by atoms with Gasteiger partial charge in [-0.1, -0.05) is 18.2 Å². The van der Waals surface area contributed by atoms with Crippen LogP contribution in [-0.4, -0.2) is 23.3 Å². The largest absolute Gasteiger partial charge is 0.398 e. The highest BCUT2D eigenvalue weighted by Crippen LogP contribution is 2.31. The topological polar surface area (TPSA) is 53.1 Å². The minimum Gasteiger partial charge on any atom is -0.398 e. The number of nitrogens with two attached hydrogens (primary N) is 1. The number of para-hydroxylation sites is 2. The van der Waals surface area contributed by atoms with Gasteiger partial charge in [0.2, 0.25) is 0 Å². The quantitative estimate of drug-likeness (QED) is 0.749. The molecule has 21 heavy (non-hydrogen) atoms. The van der Waals surface area contributed by atoms with E-state index in [9.17, 15) is 4.39 Å². The number of ether oxygens (including phenoxy) is 1. The van der Waals surface area contributed by atoms with Crippen molar-refractivity contribution in [2.45, 2.75) is 6.54 Å². The van der Waals surface area contributed by atoms with E-state index in [1.54, 1.807) is 19.2 Å². The zero-order chi connectivity index (χ0) is 14.8. The molecule has 0 spiro atoms. The SMILES string of the molecule is COCCn1c(-c2c(N)cccc2F)nc2ccccc21. The van der Waals surface area contributed by atoms with Crippen LogP contribution in [0.3, 0.4) is 0 Å². The van der Waals surface area contributed by atoms with E-state index in [-0.39, 0.29) is 5.82 Å². The fourth-order valence-electron chi connectivity index (χ4n) is 2.45. The average Bonchev–Trinajstić information content (AvgIpc) is 2.83. The van der Waals surface area contributed by atoms with E-state index in [1.807, 2.05) is 28.8 Å². The summed E-state index contributed by atoms with van der Waals surface area (Å²) in [5.41, 5.74) is 8.41. The second-order valence-corrected chi connectivity index (χ2v) is 4.77. The van der Waals surface area contributed by atoms with Crippen LogP contribution in [0.4, 0.5) is 10.1 Å². The Bertz CT molecular complexity index is 762. The van der Waals surface area contributed by atoms with Crippen molar-refractivity contribution in [2.24, 2.45) is 0 Å². The van der Waals surface area contributed by atoms with Crippen molar-refractivity contribution in [3.05, 3.63) is 48.3 Å². The molecule has 4 nitrogen and oxygen atoms in total. The molecule has 2 N–H and O–H groups in total. The van der Waals surface area contributed by atoms with E-state index >= 15 is 0 Å². The molecule has 0 atom stereocenters. The zero-order valence-electron chi connectivity index (χ0n) is 11.7. The van der Waals surface area contributed by atoms with Gasteiger partial charge < -0.3 is 15.0 Å². The van der Waals surface area contributed by atoms with Crippen molar-refractivity contribution in [3.8, 4) is 11.4 Å². The van der Waals surface area contributed by atoms with Crippen LogP contribution in [0.25, 0.3) is 22.4 Å². The Balaban J connectivity index is 2.26. The molecular formula is C16H16FN3O. The smallest absolute Gasteiger partial charge is 0.146 e. The van der Waals surface area contributed by atoms with Crippen LogP contribution in [0.15, 0.2) is 42.5 Å². The maximum absolute atomic E-state index is 14.2. The summed E-state index contributed by atoms with van der Waals surface area (Å²) >= 11 is 0. The number of halogens is 1. The van der Waals surface area contributed by atoms with Gasteiger partial charge in [-0.25, -0.2) is 9.37 Å². The maximum Gasteiger partial charge on any atom is 0.146 e. The predicted molar refractivity (Wildman–Crippen MR) is 81.4 cm³/mol. The van der Waals surface area contributed by atoms with E-state index in [0.717, 1.165) is 11.0 Å². The molecule has 3 aromatic rings. The van der Waals surface area contributed by atoms with E-state index in [2.05, 4.69) is 4.98 Å². The summed E-state index contributed by atoms with van der Waals surface area (Å²) in [6.45, 7) is 1.10. The molecule has 108 valence electrons. The number of hydrogen-bond donors (Lipinski definition) is 1. The molecule has 0 unspecified atom stereocenters. The lowest BCUT2D eigenvalue weighted by Gasteiger charge is -2.11. The second kappa shape index (κ2) is 5.54. The van der Waals surface area contributed by atoms with Crippen molar-refractivity contribution >= 4 is 16.7 Å². The van der Waals surface area contributed by atoms with Crippen LogP contribution >= 0.6 is 0 Å². The highest BCUT2D eigenvalue weighted by Gasteiger charge is 2.17. The summed E-state index contributed by atoms with van der Waals surface area (Å²) in [5.74, 6) is 0.160. The molecule has 2 aromatic carbocycles. The number of fused-ring (bicyclic) bond motifs is 1. The number of methoxy groups -OCH3 is 1. The summed E-state index contributed by atoms with van der Waals surface area (Å²) < 4.78 is 21.3. The van der Waals surface area contributed by atoms with Crippen LogP contribution in [0.1, 0.15) is 0 Å². The third-order valence-corrected chi connectivity index (χ3v) is 3.44. The first kappa shape index (κ1) is 13.6. The molecule has 0 bridgehead atoms. The molecule has 0 aliphatic carbocycles. The lowest BCUT2D eigenvalue weighted by atomic mass is 10.1. The summed E-state index contributed by atoms with van der Waals surface area (Å²) in [4.78, 5) is 4.54. The highest BCUT2D eigenvalue weighted by atomic mass is 19.1. The van der Waals surface area contributed by atoms with Crippen molar-refractivity contribution in [1.82, 2.24) is 9.55 Å². The van der Waals surface area contributed by atoms with Gasteiger partial charge in [0.05, 0.1) is 23.2 Å². The molecule has 3 rings (SSSR count). The van der Waals surface area contributed by atoms with Gasteiger partial charge in [-0.3, -0.25) is 0 Å². The number of imidazole rings is 1. The summed E-state index contributed by atoms with van der Waals surface area (Å²) in [7, 11) is 1.64. The maximum atomic E-state index is 14.2. The lowest BCUT2D eigenvalue weighted by molar-refractivity contribution is 0.188. The Morgan fingerprint density at radius 1 is 1.19 bits per heavy atom. The molecule has 0 fully saturated rings. The van der Waals surface area contributed by atoms with Crippen LogP contribution < -0.4 is 5.73 Å². The molecule has 0 saturated heterocycles. The monoisotopic (exact) mass is 285 g/mol. The molecule has 0 saturated carbocycles. The molecule has 0 radical (unpaired) electrons. The predicted octanol–water partition coefficient (Wildman–Crippen LogP) is 3.07. The lowest BCUT2D eigenvalue weighted by Crippen LogP contribution is -2.07. The minimum atomic E-state index is -0.371. The van der Waals surface area contributed by atoms with Crippen molar-refractivity contribution in [1.29, 1.82) is 0 Å². The summed E-state index contributed by atoms with van der Waals surface area (Å²) in [6.07, 6.45) is 0. The standard InChI is InChI=1S/C16H16FN3O/c1-21-10-9-20-14-8-3-2-7-13(14)19-16(20)15-11(17)5-4-6-12(15)18/h2-8H,9-10,18H2,1H3. The summed E-state index contributed by atoms with van der Waals surface area (Å²) in [5, 5.41) is 0. The molecule has 1 aromatic heterocycles. The number of rotatable bonds is 4. The molecule has 0 aliphatic rings. The van der Waals surface area contributed by atoms with Crippen molar-refractivity contribution < 1.29 is 9.13 Å². The van der Waals surface area contributed by atoms with Gasteiger partial charge in [-0.05, 0) is 24.3 Å². The first-order valence-corrected chi connectivity index (χ1v) is 6.71. The molecule has 1 heterocycles. The van der Waals surface area contributed by atoms with Gasteiger partial charge in [0.25, 0.3) is 0 Å². The van der Waals surface area contributed by atoms with Crippen LogP contribution in [-0.2, 0) is 11.3 Å². The minimum absolute atomic E-state index is 0.338. The Kier molecular flexibility index (Phi) is 3.58. The Morgan fingerprint density at radius 3 is 2.76 bits per heavy atom. The van der Waals surface area contributed by atoms with Crippen LogP contribution in [0, 0.1) is 5.82 Å². The third kappa shape index (κ3) is 2.36. The number of nitrogens with zero attached hydrogens (tertiary/aromatic N) is 2. The first-order valence-electron chi connectivity index (χ1n) is 6.71. The van der Waals surface area contributed by atoms with Crippen LogP contribution in [0.2, 0.25) is 0 Å². The zero-order valence-corrected chi connectivity index (χ0v) is 11.7. The Hall–Kier alpha value is -2.40. The van der Waals surface area contributed by atoms with Gasteiger partial charge >= 0.3 is 0 Å². The van der Waals surface area contributed by atoms with Gasteiger partial charge in [-0.15, -0.1) is 0 Å². The number of benzene rings is 2. The average molecular weight is 285 g/mol. The van der Waals surface area contributed by atoms with Gasteiger partial charge in [-0.2, -0.15) is 0 Å². The van der Waals surface area contributed by atoms with Gasteiger partial charge in [0.15, 0.2) is 0 Å². The van der Waals surface area contributed by atoms with E-state index in [0.29, 0.717) is 30.2 Å². The van der Waals surface area contributed by atoms with Crippen LogP contribution in [0.5, 0.6) is 0 Å². The fraction of sp³-hybridized carbons (Fsp3) is 0.188. The number of hydrogen-bond acceptors (Lipinski definition) is 3. The number of nitrogen functional groups attached to an aromatic ring is 1. The molecule has 0 amide bonds. The Morgan fingerprint density at radius 2 is 2.00 bits per heavy atom. The summed E-state index contributed by atoms with van der Waals surface area (Å²) in [6, 6.07) is 12.4. The van der Waals surface area contributed by atoms with E-state index < -0.39 is 0 Å². The van der Waals surface area contributed by atoms with E-state index in [1.165, 1.54) is 6.07 Å². The number of aromatic nitrogens is 2. The van der Waals surface area contributed by atoms with Gasteiger partial charge in [0, 0.05) is 19.3 Å². The second-order valence-electron chi connectivity index (χ2n) is 4.77. The normalized spacial score (nSPS) is 11.1. The molecule has 0 aliphatic heterocycles. The Labute approximate surface area is 122 Å². The fourth-order valence-corrected chi connectivity index (χ4v) is 2.45. The first-order chi connectivity index (χ1) is 10.2. The highest BCUT2D eigenvalue weighted by molar-refractivity contribution is 5.83. The molecular weight excluding hydrogens is 269 g/mol. The van der Waals surface area contributed by atoms with Gasteiger partial charge in [0.1, 0.15) is 11.6 Å². The molecule has 5 heteroatoms. The van der Waals surface area contributed by atoms with E-state index in [4.69, 9.17) is 10.5 Å². The van der Waals surface area contributed by atoms with Crippen molar-refractivity contribution in [3.63, 3.8) is 0 Å². The number of anilines is 1. The third-order valence-electron chi connectivity index (χ3n) is 3.44. The van der Waals surface area contributed by atoms with Crippen molar-refractivity contribution in [2.75, 3.05) is 19.5 Å².